The molecule has 0 amide bonds. The number of nitrogens with zero attached hydrogens (tertiary/aromatic N) is 1. The van der Waals surface area contributed by atoms with Gasteiger partial charge in [-0.25, -0.2) is 0 Å². The Morgan fingerprint density at radius 3 is 2.72 bits per heavy atom. The molecule has 2 aliphatic rings. The molecule has 0 radical (unpaired) electrons. The number of benzene rings is 1. The Kier molecular flexibility index (Phi) is 3.40. The van der Waals surface area contributed by atoms with E-state index in [1.54, 1.807) is 0 Å². The maximum atomic E-state index is 6.45. The van der Waals surface area contributed by atoms with E-state index in [1.807, 2.05) is 0 Å². The lowest BCUT2D eigenvalue weighted by atomic mass is 9.87. The molecule has 0 bridgehead atoms. The second-order valence-electron chi connectivity index (χ2n) is 5.77. The van der Waals surface area contributed by atoms with Crippen molar-refractivity contribution < 1.29 is 0 Å². The number of hydrogen-bond donors (Lipinski definition) is 1. The maximum Gasteiger partial charge on any atom is 0.0504 e. The minimum Gasteiger partial charge on any atom is -0.326 e. The first kappa shape index (κ1) is 12.2. The Balaban J connectivity index is 1.94. The van der Waals surface area contributed by atoms with Crippen LogP contribution in [-0.4, -0.2) is 23.5 Å². The zero-order valence-electron chi connectivity index (χ0n) is 11.3. The van der Waals surface area contributed by atoms with Crippen molar-refractivity contribution in [2.75, 3.05) is 6.54 Å². The normalized spacial score (nSPS) is 29.4. The molecule has 0 aromatic heterocycles. The average molecular weight is 244 g/mol. The molecule has 98 valence electrons. The first-order valence-corrected chi connectivity index (χ1v) is 7.40. The van der Waals surface area contributed by atoms with Crippen LogP contribution in [0.4, 0.5) is 0 Å². The molecule has 2 heteroatoms. The highest BCUT2D eigenvalue weighted by molar-refractivity contribution is 5.32. The van der Waals surface area contributed by atoms with E-state index in [1.165, 1.54) is 43.4 Å². The molecule has 2 atom stereocenters. The van der Waals surface area contributed by atoms with E-state index < -0.39 is 0 Å². The summed E-state index contributed by atoms with van der Waals surface area (Å²) in [7, 11) is 0. The molecule has 1 saturated heterocycles. The molecule has 2 N–H and O–H groups in total. The first-order chi connectivity index (χ1) is 8.81. The highest BCUT2D eigenvalue weighted by atomic mass is 15.2. The van der Waals surface area contributed by atoms with Gasteiger partial charge in [0.05, 0.1) is 6.04 Å². The average Bonchev–Trinajstić information content (AvgIpc) is 3.23. The number of likely N-dealkylation sites (tertiary alicyclic amines) is 1. The number of rotatable bonds is 3. The van der Waals surface area contributed by atoms with E-state index >= 15 is 0 Å². The van der Waals surface area contributed by atoms with Crippen molar-refractivity contribution in [2.24, 2.45) is 5.73 Å². The molecule has 18 heavy (non-hydrogen) atoms. The lowest BCUT2D eigenvalue weighted by Gasteiger charge is -2.41. The molecule has 2 nitrogen and oxygen atoms in total. The zero-order valence-corrected chi connectivity index (χ0v) is 11.3. The summed E-state index contributed by atoms with van der Waals surface area (Å²) in [5.74, 6) is 0. The van der Waals surface area contributed by atoms with Gasteiger partial charge in [-0.1, -0.05) is 31.2 Å². The third-order valence-electron chi connectivity index (χ3n) is 4.49. The van der Waals surface area contributed by atoms with Crippen molar-refractivity contribution >= 4 is 0 Å². The highest BCUT2D eigenvalue weighted by Gasteiger charge is 2.39. The van der Waals surface area contributed by atoms with Crippen LogP contribution in [-0.2, 0) is 6.42 Å². The minimum atomic E-state index is 0.312. The van der Waals surface area contributed by atoms with Crippen LogP contribution in [0.1, 0.15) is 49.8 Å². The Morgan fingerprint density at radius 1 is 1.22 bits per heavy atom. The van der Waals surface area contributed by atoms with Crippen LogP contribution in [0.3, 0.4) is 0 Å². The number of nitrogens with two attached hydrogens (primary N) is 1. The predicted octanol–water partition coefficient (Wildman–Crippen LogP) is 2.88. The lowest BCUT2D eigenvalue weighted by Crippen LogP contribution is -2.47. The maximum absolute atomic E-state index is 6.45. The smallest absolute Gasteiger partial charge is 0.0504 e. The van der Waals surface area contributed by atoms with Gasteiger partial charge in [-0.05, 0) is 49.8 Å². The van der Waals surface area contributed by atoms with Gasteiger partial charge in [-0.3, -0.25) is 4.90 Å². The van der Waals surface area contributed by atoms with Crippen molar-refractivity contribution in [1.29, 1.82) is 0 Å². The van der Waals surface area contributed by atoms with Gasteiger partial charge in [0.15, 0.2) is 0 Å². The Morgan fingerprint density at radius 2 is 2.00 bits per heavy atom. The summed E-state index contributed by atoms with van der Waals surface area (Å²) < 4.78 is 0. The third-order valence-corrected chi connectivity index (χ3v) is 4.49. The molecule has 1 aromatic carbocycles. The van der Waals surface area contributed by atoms with E-state index in [-0.39, 0.29) is 0 Å². The van der Waals surface area contributed by atoms with Crippen molar-refractivity contribution in [3.8, 4) is 0 Å². The molecule has 0 spiro atoms. The molecular formula is C16H24N2. The van der Waals surface area contributed by atoms with Crippen LogP contribution in [0, 0.1) is 0 Å². The molecule has 1 aromatic rings. The highest BCUT2D eigenvalue weighted by Crippen LogP contribution is 2.40. The van der Waals surface area contributed by atoms with Gasteiger partial charge >= 0.3 is 0 Å². The van der Waals surface area contributed by atoms with E-state index in [9.17, 15) is 0 Å². The van der Waals surface area contributed by atoms with Crippen LogP contribution in [0.15, 0.2) is 24.3 Å². The van der Waals surface area contributed by atoms with E-state index in [2.05, 4.69) is 36.1 Å². The van der Waals surface area contributed by atoms with Gasteiger partial charge in [-0.2, -0.15) is 0 Å². The Bertz CT molecular complexity index is 411. The van der Waals surface area contributed by atoms with Crippen LogP contribution < -0.4 is 5.73 Å². The number of hydrogen-bond acceptors (Lipinski definition) is 2. The van der Waals surface area contributed by atoms with Gasteiger partial charge in [-0.15, -0.1) is 0 Å². The van der Waals surface area contributed by atoms with Gasteiger partial charge in [0, 0.05) is 12.1 Å². The predicted molar refractivity (Wildman–Crippen MR) is 75.5 cm³/mol. The fourth-order valence-electron chi connectivity index (χ4n) is 3.42. The summed E-state index contributed by atoms with van der Waals surface area (Å²) in [4.78, 5) is 2.68. The summed E-state index contributed by atoms with van der Waals surface area (Å²) >= 11 is 0. The largest absolute Gasteiger partial charge is 0.326 e. The van der Waals surface area contributed by atoms with Crippen LogP contribution in [0.2, 0.25) is 0 Å². The zero-order chi connectivity index (χ0) is 12.5. The van der Waals surface area contributed by atoms with Gasteiger partial charge < -0.3 is 5.73 Å². The summed E-state index contributed by atoms with van der Waals surface area (Å²) in [5.41, 5.74) is 9.41. The van der Waals surface area contributed by atoms with E-state index in [4.69, 9.17) is 5.73 Å². The molecule has 1 aliphatic heterocycles. The van der Waals surface area contributed by atoms with Gasteiger partial charge in [0.2, 0.25) is 0 Å². The topological polar surface area (TPSA) is 29.3 Å². The van der Waals surface area contributed by atoms with Gasteiger partial charge in [0.1, 0.15) is 0 Å². The molecular weight excluding hydrogens is 220 g/mol. The van der Waals surface area contributed by atoms with Crippen molar-refractivity contribution in [1.82, 2.24) is 4.90 Å². The summed E-state index contributed by atoms with van der Waals surface area (Å²) in [6, 6.07) is 10.5. The molecule has 2 unspecified atom stereocenters. The molecule has 1 heterocycles. The van der Waals surface area contributed by atoms with Crippen LogP contribution in [0.5, 0.6) is 0 Å². The molecule has 3 rings (SSSR count). The minimum absolute atomic E-state index is 0.312. The van der Waals surface area contributed by atoms with Crippen LogP contribution >= 0.6 is 0 Å². The van der Waals surface area contributed by atoms with E-state index in [0.717, 1.165) is 12.5 Å². The summed E-state index contributed by atoms with van der Waals surface area (Å²) in [6.45, 7) is 3.48. The number of piperidine rings is 1. The third kappa shape index (κ3) is 2.19. The van der Waals surface area contributed by atoms with Crippen molar-refractivity contribution in [3.05, 3.63) is 35.4 Å². The summed E-state index contributed by atoms with van der Waals surface area (Å²) in [6.07, 6.45) is 6.29. The van der Waals surface area contributed by atoms with E-state index in [0.29, 0.717) is 12.1 Å². The Hall–Kier alpha value is -0.860. The second-order valence-corrected chi connectivity index (χ2v) is 5.77. The lowest BCUT2D eigenvalue weighted by molar-refractivity contribution is 0.119. The molecule has 1 aliphatic carbocycles. The molecule has 2 fully saturated rings. The van der Waals surface area contributed by atoms with Crippen molar-refractivity contribution in [2.45, 2.75) is 57.2 Å². The summed E-state index contributed by atoms with van der Waals surface area (Å²) in [5, 5.41) is 0. The monoisotopic (exact) mass is 244 g/mol. The van der Waals surface area contributed by atoms with Crippen molar-refractivity contribution in [3.63, 3.8) is 0 Å². The SMILES string of the molecule is CCc1ccccc1C1C(N)CCCN1C1CC1. The van der Waals surface area contributed by atoms with Crippen LogP contribution in [0.25, 0.3) is 0 Å². The fourth-order valence-corrected chi connectivity index (χ4v) is 3.42. The standard InChI is InChI=1S/C16H24N2/c1-2-12-6-3-4-7-14(12)16-15(17)8-5-11-18(16)13-9-10-13/h3-4,6-7,13,15-16H,2,5,8-11,17H2,1H3. The fraction of sp³-hybridized carbons (Fsp3) is 0.625. The Labute approximate surface area is 110 Å². The second kappa shape index (κ2) is 5.02. The van der Waals surface area contributed by atoms with Gasteiger partial charge in [0.25, 0.3) is 0 Å². The molecule has 1 saturated carbocycles. The first-order valence-electron chi connectivity index (χ1n) is 7.40. The number of aryl methyl sites for hydroxylation is 1. The quantitative estimate of drug-likeness (QED) is 0.886.